The van der Waals surface area contributed by atoms with Crippen molar-refractivity contribution in [3.63, 3.8) is 0 Å². The fourth-order valence-corrected chi connectivity index (χ4v) is 3.07. The highest BCUT2D eigenvalue weighted by molar-refractivity contribution is 5.95. The highest BCUT2D eigenvalue weighted by Crippen LogP contribution is 2.21. The number of rotatable bonds is 8. The van der Waals surface area contributed by atoms with Gasteiger partial charge in [0.2, 0.25) is 0 Å². The first kappa shape index (κ1) is 21.1. The van der Waals surface area contributed by atoms with Crippen LogP contribution in [0.3, 0.4) is 0 Å². The fraction of sp³-hybridized carbons (Fsp3) is 0.174. The average Bonchev–Trinajstić information content (AvgIpc) is 3.25. The summed E-state index contributed by atoms with van der Waals surface area (Å²) < 4.78 is 1.76. The van der Waals surface area contributed by atoms with Crippen LogP contribution in [0.15, 0.2) is 72.2 Å². The lowest BCUT2D eigenvalue weighted by atomic mass is 10.1. The number of hydrogen-bond donors (Lipinski definition) is 2. The van der Waals surface area contributed by atoms with E-state index in [1.165, 1.54) is 6.33 Å². The van der Waals surface area contributed by atoms with Crippen molar-refractivity contribution in [2.75, 3.05) is 32.6 Å². The smallest absolute Gasteiger partial charge is 0.251 e. The third-order valence-corrected chi connectivity index (χ3v) is 4.77. The van der Waals surface area contributed by atoms with E-state index in [1.54, 1.807) is 29.2 Å². The number of hydrazone groups is 1. The summed E-state index contributed by atoms with van der Waals surface area (Å²) in [4.78, 5) is 22.8. The highest BCUT2D eigenvalue weighted by atomic mass is 16.1. The Morgan fingerprint density at radius 2 is 1.88 bits per heavy atom. The molecule has 0 aliphatic rings. The van der Waals surface area contributed by atoms with Gasteiger partial charge in [-0.3, -0.25) is 10.2 Å². The zero-order valence-electron chi connectivity index (χ0n) is 17.9. The van der Waals surface area contributed by atoms with E-state index in [0.717, 1.165) is 23.2 Å². The van der Waals surface area contributed by atoms with Gasteiger partial charge in [-0.2, -0.15) is 10.2 Å². The van der Waals surface area contributed by atoms with Gasteiger partial charge in [-0.15, -0.1) is 0 Å². The molecule has 0 fully saturated rings. The van der Waals surface area contributed by atoms with Gasteiger partial charge >= 0.3 is 0 Å². The molecule has 4 aromatic rings. The molecule has 4 rings (SSSR count). The molecule has 9 nitrogen and oxygen atoms in total. The molecule has 9 heteroatoms. The van der Waals surface area contributed by atoms with Crippen LogP contribution in [0, 0.1) is 0 Å². The molecule has 0 radical (unpaired) electrons. The van der Waals surface area contributed by atoms with Crippen molar-refractivity contribution in [3.05, 3.63) is 78.2 Å². The van der Waals surface area contributed by atoms with Crippen LogP contribution in [0.4, 0.5) is 5.82 Å². The Hall–Kier alpha value is -4.11. The summed E-state index contributed by atoms with van der Waals surface area (Å²) in [5, 5.41) is 12.4. The molecule has 1 amide bonds. The number of anilines is 1. The Labute approximate surface area is 185 Å². The zero-order valence-corrected chi connectivity index (χ0v) is 17.9. The van der Waals surface area contributed by atoms with Gasteiger partial charge in [0.25, 0.3) is 5.91 Å². The van der Waals surface area contributed by atoms with E-state index in [9.17, 15) is 4.79 Å². The van der Waals surface area contributed by atoms with E-state index in [0.29, 0.717) is 23.6 Å². The molecule has 0 atom stereocenters. The maximum absolute atomic E-state index is 12.2. The number of nitrogens with one attached hydrogen (secondary N) is 2. The molecule has 0 aliphatic carbocycles. The minimum atomic E-state index is -0.0905. The van der Waals surface area contributed by atoms with Crippen LogP contribution in [0.25, 0.3) is 16.7 Å². The van der Waals surface area contributed by atoms with Crippen molar-refractivity contribution in [1.82, 2.24) is 30.0 Å². The molecule has 2 aromatic carbocycles. The van der Waals surface area contributed by atoms with Gasteiger partial charge in [0.1, 0.15) is 6.33 Å². The van der Waals surface area contributed by atoms with E-state index in [-0.39, 0.29) is 5.91 Å². The predicted molar refractivity (Wildman–Crippen MR) is 125 cm³/mol. The maximum atomic E-state index is 12.2. The first-order chi connectivity index (χ1) is 15.6. The van der Waals surface area contributed by atoms with Gasteiger partial charge in [-0.1, -0.05) is 30.3 Å². The van der Waals surface area contributed by atoms with E-state index in [1.807, 2.05) is 61.5 Å². The van der Waals surface area contributed by atoms with E-state index < -0.39 is 0 Å². The lowest BCUT2D eigenvalue weighted by molar-refractivity contribution is 0.0951. The quantitative estimate of drug-likeness (QED) is 0.330. The first-order valence-corrected chi connectivity index (χ1v) is 10.2. The van der Waals surface area contributed by atoms with Crippen molar-refractivity contribution in [1.29, 1.82) is 0 Å². The van der Waals surface area contributed by atoms with E-state index in [2.05, 4.69) is 30.9 Å². The number of carbonyl (C=O) groups excluding carboxylic acids is 1. The standard InChI is InChI=1S/C23H24N8O/c1-30(2)13-12-24-23(32)18-10-8-17(9-11-18)14-27-29-21-20-15-28-31(22(20)26-16-25-21)19-6-4-3-5-7-19/h3-11,14-16H,12-13H2,1-2H3,(H,24,32)(H,25,26,29)/b27-14+. The van der Waals surface area contributed by atoms with E-state index in [4.69, 9.17) is 0 Å². The van der Waals surface area contributed by atoms with Gasteiger partial charge in [0, 0.05) is 18.7 Å². The molecule has 0 saturated carbocycles. The Morgan fingerprint density at radius 1 is 1.09 bits per heavy atom. The lowest BCUT2D eigenvalue weighted by Crippen LogP contribution is -2.31. The number of nitrogens with zero attached hydrogens (tertiary/aromatic N) is 6. The molecule has 0 unspecified atom stereocenters. The first-order valence-electron chi connectivity index (χ1n) is 10.2. The molecule has 2 aromatic heterocycles. The number of carbonyl (C=O) groups is 1. The zero-order chi connectivity index (χ0) is 22.3. The van der Waals surface area contributed by atoms with Gasteiger partial charge in [-0.25, -0.2) is 14.6 Å². The second-order valence-corrected chi connectivity index (χ2v) is 7.40. The molecule has 2 N–H and O–H groups in total. The Bertz CT molecular complexity index is 1220. The van der Waals surface area contributed by atoms with Crippen LogP contribution >= 0.6 is 0 Å². The Kier molecular flexibility index (Phi) is 6.47. The van der Waals surface area contributed by atoms with Gasteiger partial charge in [0.05, 0.1) is 23.5 Å². The van der Waals surface area contributed by atoms with Crippen LogP contribution in [0.2, 0.25) is 0 Å². The fourth-order valence-electron chi connectivity index (χ4n) is 3.07. The van der Waals surface area contributed by atoms with Crippen molar-refractivity contribution < 1.29 is 4.79 Å². The molecule has 32 heavy (non-hydrogen) atoms. The highest BCUT2D eigenvalue weighted by Gasteiger charge is 2.10. The molecule has 0 aliphatic heterocycles. The van der Waals surface area contributed by atoms with Crippen LogP contribution in [0.5, 0.6) is 0 Å². The number of benzene rings is 2. The number of fused-ring (bicyclic) bond motifs is 1. The Morgan fingerprint density at radius 3 is 2.62 bits per heavy atom. The molecule has 0 spiro atoms. The summed E-state index contributed by atoms with van der Waals surface area (Å²) >= 11 is 0. The molecular formula is C23H24N8O. The number of amides is 1. The van der Waals surface area contributed by atoms with Crippen LogP contribution in [0.1, 0.15) is 15.9 Å². The Balaban J connectivity index is 1.42. The third kappa shape index (κ3) is 4.96. The maximum Gasteiger partial charge on any atom is 0.251 e. The number of aromatic nitrogens is 4. The normalized spacial score (nSPS) is 11.3. The second-order valence-electron chi connectivity index (χ2n) is 7.40. The second kappa shape index (κ2) is 9.80. The molecule has 2 heterocycles. The lowest BCUT2D eigenvalue weighted by Gasteiger charge is -2.10. The number of likely N-dealkylation sites (N-methyl/N-ethyl adjacent to an activating group) is 1. The van der Waals surface area contributed by atoms with Gasteiger partial charge in [-0.05, 0) is 43.9 Å². The number of hydrogen-bond acceptors (Lipinski definition) is 7. The summed E-state index contributed by atoms with van der Waals surface area (Å²) in [6, 6.07) is 17.0. The molecular weight excluding hydrogens is 404 g/mol. The third-order valence-electron chi connectivity index (χ3n) is 4.77. The monoisotopic (exact) mass is 428 g/mol. The summed E-state index contributed by atoms with van der Waals surface area (Å²) in [7, 11) is 3.94. The molecule has 0 saturated heterocycles. The number of para-hydroxylation sites is 1. The molecule has 162 valence electrons. The topological polar surface area (TPSA) is 100 Å². The van der Waals surface area contributed by atoms with Crippen molar-refractivity contribution in [3.8, 4) is 5.69 Å². The van der Waals surface area contributed by atoms with Crippen molar-refractivity contribution >= 4 is 29.0 Å². The summed E-state index contributed by atoms with van der Waals surface area (Å²) in [6.45, 7) is 1.40. The van der Waals surface area contributed by atoms with Crippen LogP contribution < -0.4 is 10.7 Å². The summed E-state index contributed by atoms with van der Waals surface area (Å²) in [5.41, 5.74) is 6.03. The van der Waals surface area contributed by atoms with Gasteiger partial charge in [0.15, 0.2) is 11.5 Å². The van der Waals surface area contributed by atoms with Crippen LogP contribution in [-0.2, 0) is 0 Å². The minimum Gasteiger partial charge on any atom is -0.351 e. The summed E-state index contributed by atoms with van der Waals surface area (Å²) in [6.07, 6.45) is 4.86. The van der Waals surface area contributed by atoms with E-state index >= 15 is 0 Å². The van der Waals surface area contributed by atoms with Crippen LogP contribution in [-0.4, -0.2) is 64.0 Å². The largest absolute Gasteiger partial charge is 0.351 e. The average molecular weight is 429 g/mol. The van der Waals surface area contributed by atoms with Crippen molar-refractivity contribution in [2.45, 2.75) is 0 Å². The SMILES string of the molecule is CN(C)CCNC(=O)c1ccc(/C=N/Nc2ncnc3c2cnn3-c2ccccc2)cc1. The summed E-state index contributed by atoms with van der Waals surface area (Å²) in [5.74, 6) is 0.470. The predicted octanol–water partition coefficient (Wildman–Crippen LogP) is 2.55. The van der Waals surface area contributed by atoms with Crippen molar-refractivity contribution in [2.24, 2.45) is 5.10 Å². The minimum absolute atomic E-state index is 0.0905. The molecule has 0 bridgehead atoms. The van der Waals surface area contributed by atoms with Gasteiger partial charge < -0.3 is 10.2 Å².